The van der Waals surface area contributed by atoms with E-state index in [9.17, 15) is 12.8 Å². The molecular formula is C16H15FN2O3S. The molecule has 0 aliphatic heterocycles. The minimum absolute atomic E-state index is 0.112. The Bertz CT molecular complexity index is 797. The quantitative estimate of drug-likeness (QED) is 0.813. The van der Waals surface area contributed by atoms with Gasteiger partial charge in [0, 0.05) is 13.6 Å². The smallest absolute Gasteiger partial charge is 0.242 e. The Kier molecular flexibility index (Phi) is 5.32. The number of nitriles is 1. The standard InChI is InChI=1S/C16H15FN2O3S/c1-19(10-11-22-15-6-4-14(17)5-7-15)23(20,21)16-8-2-13(12-18)3-9-16/h2-9H,10-11H2,1H3. The highest BCUT2D eigenvalue weighted by atomic mass is 32.2. The number of nitrogens with zero attached hydrogens (tertiary/aromatic N) is 2. The lowest BCUT2D eigenvalue weighted by Crippen LogP contribution is -2.31. The SMILES string of the molecule is CN(CCOc1ccc(F)cc1)S(=O)(=O)c1ccc(C#N)cc1. The van der Waals surface area contributed by atoms with Gasteiger partial charge in [0.15, 0.2) is 0 Å². The van der Waals surface area contributed by atoms with Gasteiger partial charge < -0.3 is 4.74 Å². The lowest BCUT2D eigenvalue weighted by Gasteiger charge is -2.17. The van der Waals surface area contributed by atoms with Crippen LogP contribution in [0.4, 0.5) is 4.39 Å². The van der Waals surface area contributed by atoms with Crippen molar-refractivity contribution in [3.05, 3.63) is 59.9 Å². The van der Waals surface area contributed by atoms with Crippen LogP contribution in [-0.2, 0) is 10.0 Å². The summed E-state index contributed by atoms with van der Waals surface area (Å²) in [6, 6.07) is 13.1. The largest absolute Gasteiger partial charge is 0.492 e. The van der Waals surface area contributed by atoms with Crippen molar-refractivity contribution >= 4 is 10.0 Å². The zero-order chi connectivity index (χ0) is 16.9. The molecule has 0 aromatic heterocycles. The second-order valence-corrected chi connectivity index (χ2v) is 6.81. The molecule has 0 saturated carbocycles. The summed E-state index contributed by atoms with van der Waals surface area (Å²) in [5, 5.41) is 8.73. The Morgan fingerprint density at radius 2 is 1.74 bits per heavy atom. The van der Waals surface area contributed by atoms with E-state index >= 15 is 0 Å². The van der Waals surface area contributed by atoms with Gasteiger partial charge in [-0.15, -0.1) is 0 Å². The van der Waals surface area contributed by atoms with E-state index in [0.29, 0.717) is 11.3 Å². The van der Waals surface area contributed by atoms with Crippen LogP contribution in [-0.4, -0.2) is 32.9 Å². The van der Waals surface area contributed by atoms with Crippen LogP contribution in [0.15, 0.2) is 53.4 Å². The van der Waals surface area contributed by atoms with E-state index < -0.39 is 10.0 Å². The van der Waals surface area contributed by atoms with Crippen LogP contribution < -0.4 is 4.74 Å². The maximum atomic E-state index is 12.8. The van der Waals surface area contributed by atoms with Crippen LogP contribution >= 0.6 is 0 Å². The minimum Gasteiger partial charge on any atom is -0.492 e. The summed E-state index contributed by atoms with van der Waals surface area (Å²) in [4.78, 5) is 0.112. The first-order valence-electron chi connectivity index (χ1n) is 6.78. The van der Waals surface area contributed by atoms with Crippen molar-refractivity contribution in [3.8, 4) is 11.8 Å². The van der Waals surface area contributed by atoms with Crippen molar-refractivity contribution in [3.63, 3.8) is 0 Å². The fourth-order valence-electron chi connectivity index (χ4n) is 1.82. The second-order valence-electron chi connectivity index (χ2n) is 4.77. The molecule has 2 rings (SSSR count). The molecule has 23 heavy (non-hydrogen) atoms. The van der Waals surface area contributed by atoms with Crippen molar-refractivity contribution in [2.45, 2.75) is 4.90 Å². The Morgan fingerprint density at radius 1 is 1.13 bits per heavy atom. The van der Waals surface area contributed by atoms with E-state index in [4.69, 9.17) is 10.00 Å². The first-order valence-corrected chi connectivity index (χ1v) is 8.22. The van der Waals surface area contributed by atoms with E-state index in [0.717, 1.165) is 4.31 Å². The molecule has 0 aliphatic carbocycles. The van der Waals surface area contributed by atoms with E-state index in [1.165, 1.54) is 55.6 Å². The van der Waals surface area contributed by atoms with Gasteiger partial charge in [0.2, 0.25) is 10.0 Å². The third-order valence-electron chi connectivity index (χ3n) is 3.18. The Hall–Kier alpha value is -2.43. The van der Waals surface area contributed by atoms with E-state index in [2.05, 4.69) is 0 Å². The van der Waals surface area contributed by atoms with Gasteiger partial charge in [0.1, 0.15) is 18.2 Å². The lowest BCUT2D eigenvalue weighted by atomic mass is 10.2. The molecule has 0 N–H and O–H groups in total. The average molecular weight is 334 g/mol. The van der Waals surface area contributed by atoms with Crippen molar-refractivity contribution < 1.29 is 17.5 Å². The normalized spacial score (nSPS) is 11.2. The first kappa shape index (κ1) is 16.9. The molecule has 5 nitrogen and oxygen atoms in total. The highest BCUT2D eigenvalue weighted by Crippen LogP contribution is 2.15. The third-order valence-corrected chi connectivity index (χ3v) is 5.05. The highest BCUT2D eigenvalue weighted by molar-refractivity contribution is 7.89. The zero-order valence-corrected chi connectivity index (χ0v) is 13.3. The van der Waals surface area contributed by atoms with Crippen LogP contribution in [0, 0.1) is 17.1 Å². The van der Waals surface area contributed by atoms with Gasteiger partial charge in [0.25, 0.3) is 0 Å². The maximum absolute atomic E-state index is 12.8. The maximum Gasteiger partial charge on any atom is 0.242 e. The summed E-state index contributed by atoms with van der Waals surface area (Å²) in [5.41, 5.74) is 0.395. The predicted octanol–water partition coefficient (Wildman–Crippen LogP) is 2.40. The first-order chi connectivity index (χ1) is 10.9. The van der Waals surface area contributed by atoms with Gasteiger partial charge >= 0.3 is 0 Å². The van der Waals surface area contributed by atoms with Crippen LogP contribution in [0.5, 0.6) is 5.75 Å². The molecule has 7 heteroatoms. The summed E-state index contributed by atoms with van der Waals surface area (Å²) < 4.78 is 44.0. The zero-order valence-electron chi connectivity index (χ0n) is 12.4. The van der Waals surface area contributed by atoms with Gasteiger partial charge in [-0.1, -0.05) is 0 Å². The number of hydrogen-bond donors (Lipinski definition) is 0. The van der Waals surface area contributed by atoms with Gasteiger partial charge in [-0.2, -0.15) is 9.57 Å². The minimum atomic E-state index is -3.64. The summed E-state index contributed by atoms with van der Waals surface area (Å²) in [6.45, 7) is 0.275. The Morgan fingerprint density at radius 3 is 2.30 bits per heavy atom. The van der Waals surface area contributed by atoms with Crippen molar-refractivity contribution in [1.29, 1.82) is 5.26 Å². The summed E-state index contributed by atoms with van der Waals surface area (Å²) in [5.74, 6) is 0.105. The average Bonchev–Trinajstić information content (AvgIpc) is 2.56. The van der Waals surface area contributed by atoms with Gasteiger partial charge in [-0.3, -0.25) is 0 Å². The number of ether oxygens (including phenoxy) is 1. The van der Waals surface area contributed by atoms with E-state index in [-0.39, 0.29) is 23.9 Å². The lowest BCUT2D eigenvalue weighted by molar-refractivity contribution is 0.286. The van der Waals surface area contributed by atoms with Crippen LogP contribution in [0.1, 0.15) is 5.56 Å². The fourth-order valence-corrected chi connectivity index (χ4v) is 2.98. The molecule has 0 unspecified atom stereocenters. The molecule has 2 aromatic carbocycles. The summed E-state index contributed by atoms with van der Waals surface area (Å²) in [6.07, 6.45) is 0. The Labute approximate surface area is 134 Å². The van der Waals surface area contributed by atoms with Gasteiger partial charge in [-0.25, -0.2) is 12.8 Å². The molecular weight excluding hydrogens is 319 g/mol. The fraction of sp³-hybridized carbons (Fsp3) is 0.188. The number of rotatable bonds is 6. The highest BCUT2D eigenvalue weighted by Gasteiger charge is 2.20. The monoisotopic (exact) mass is 334 g/mol. The number of sulfonamides is 1. The molecule has 120 valence electrons. The molecule has 0 saturated heterocycles. The topological polar surface area (TPSA) is 70.4 Å². The second kappa shape index (κ2) is 7.22. The molecule has 0 amide bonds. The van der Waals surface area contributed by atoms with Gasteiger partial charge in [-0.05, 0) is 48.5 Å². The van der Waals surface area contributed by atoms with Crippen molar-refractivity contribution in [2.24, 2.45) is 0 Å². The molecule has 0 atom stereocenters. The van der Waals surface area contributed by atoms with Gasteiger partial charge in [0.05, 0.1) is 16.5 Å². The molecule has 0 radical (unpaired) electrons. The number of benzene rings is 2. The number of likely N-dealkylation sites (N-methyl/N-ethyl adjacent to an activating group) is 1. The van der Waals surface area contributed by atoms with E-state index in [1.54, 1.807) is 0 Å². The summed E-state index contributed by atoms with van der Waals surface area (Å²) in [7, 11) is -2.20. The molecule has 0 aliphatic rings. The van der Waals surface area contributed by atoms with E-state index in [1.807, 2.05) is 6.07 Å². The number of halogens is 1. The van der Waals surface area contributed by atoms with Crippen LogP contribution in [0.25, 0.3) is 0 Å². The molecule has 0 fully saturated rings. The van der Waals surface area contributed by atoms with Crippen LogP contribution in [0.3, 0.4) is 0 Å². The number of hydrogen-bond acceptors (Lipinski definition) is 4. The molecule has 0 bridgehead atoms. The third kappa shape index (κ3) is 4.28. The molecule has 0 spiro atoms. The molecule has 0 heterocycles. The van der Waals surface area contributed by atoms with Crippen molar-refractivity contribution in [2.75, 3.05) is 20.2 Å². The summed E-state index contributed by atoms with van der Waals surface area (Å²) >= 11 is 0. The predicted molar refractivity (Wildman–Crippen MR) is 82.9 cm³/mol. The van der Waals surface area contributed by atoms with Crippen molar-refractivity contribution in [1.82, 2.24) is 4.31 Å². The molecule has 2 aromatic rings. The Balaban J connectivity index is 1.96. The van der Waals surface area contributed by atoms with Crippen LogP contribution in [0.2, 0.25) is 0 Å².